The molecule has 0 aliphatic carbocycles. The average molecular weight is 517 g/mol. The van der Waals surface area contributed by atoms with Crippen molar-refractivity contribution in [2.24, 2.45) is 0 Å². The van der Waals surface area contributed by atoms with Crippen molar-refractivity contribution in [2.75, 3.05) is 43.4 Å². The Bertz CT molecular complexity index is 1550. The molecule has 0 spiro atoms. The molecule has 198 valence electrons. The third-order valence-corrected chi connectivity index (χ3v) is 6.70. The van der Waals surface area contributed by atoms with Crippen molar-refractivity contribution in [1.29, 1.82) is 0 Å². The molecule has 1 aliphatic heterocycles. The second-order valence-electron chi connectivity index (χ2n) is 9.98. The third-order valence-electron chi connectivity index (χ3n) is 6.70. The van der Waals surface area contributed by atoms with E-state index < -0.39 is 0 Å². The van der Waals surface area contributed by atoms with E-state index in [1.165, 1.54) is 15.6 Å². The minimum Gasteiger partial charge on any atom is -0.458 e. The van der Waals surface area contributed by atoms with E-state index in [1.807, 2.05) is 13.8 Å². The Hall–Kier alpha value is -4.25. The Morgan fingerprint density at radius 3 is 2.66 bits per heavy atom. The van der Waals surface area contributed by atoms with Crippen LogP contribution in [0.5, 0.6) is 5.88 Å². The summed E-state index contributed by atoms with van der Waals surface area (Å²) in [6, 6.07) is 9.48. The SMILES string of the molecule is C=CCn1c(=O)c2cnc(Nc3cc(C)cc(N4CCN(C)CC4)c3)nc2n1-c1ccc(O)[n+](C(C)C)n1. The van der Waals surface area contributed by atoms with E-state index >= 15 is 0 Å². The summed E-state index contributed by atoms with van der Waals surface area (Å²) in [7, 11) is 2.14. The van der Waals surface area contributed by atoms with E-state index in [0.29, 0.717) is 22.8 Å². The highest BCUT2D eigenvalue weighted by molar-refractivity contribution is 5.77. The minimum atomic E-state index is -0.245. The highest BCUT2D eigenvalue weighted by Gasteiger charge is 2.23. The summed E-state index contributed by atoms with van der Waals surface area (Å²) in [5.41, 5.74) is 3.33. The van der Waals surface area contributed by atoms with Gasteiger partial charge in [-0.3, -0.25) is 4.79 Å². The standard InChI is InChI=1S/C27H33N9O2/c1-6-9-34-26(38)22-17-28-27(30-25(22)36(34)23-7-8-24(37)35(31-23)18(2)3)29-20-14-19(4)15-21(16-20)33-12-10-32(5)11-13-33/h6-8,14-18H,1,9-13H2,2-5H3,(H,28,29,30,38)/p+1. The maximum absolute atomic E-state index is 13.3. The number of fused-ring (bicyclic) bond motifs is 1. The van der Waals surface area contributed by atoms with Crippen LogP contribution >= 0.6 is 0 Å². The lowest BCUT2D eigenvalue weighted by Crippen LogP contribution is -2.44. The van der Waals surface area contributed by atoms with Crippen LogP contribution in [0.3, 0.4) is 0 Å². The van der Waals surface area contributed by atoms with E-state index in [4.69, 9.17) is 4.98 Å². The van der Waals surface area contributed by atoms with Gasteiger partial charge in [-0.05, 0) is 48.5 Å². The van der Waals surface area contributed by atoms with Gasteiger partial charge in [-0.1, -0.05) is 6.08 Å². The number of hydrogen-bond donors (Lipinski definition) is 2. The molecule has 4 heterocycles. The lowest BCUT2D eigenvalue weighted by molar-refractivity contribution is -0.775. The molecule has 4 aromatic rings. The van der Waals surface area contributed by atoms with Crippen molar-refractivity contribution in [3.63, 3.8) is 0 Å². The number of hydrogen-bond acceptors (Lipinski definition) is 8. The molecule has 1 saturated heterocycles. The molecule has 38 heavy (non-hydrogen) atoms. The number of rotatable bonds is 7. The molecular weight excluding hydrogens is 482 g/mol. The monoisotopic (exact) mass is 516 g/mol. The molecule has 0 unspecified atom stereocenters. The Balaban J connectivity index is 1.57. The van der Waals surface area contributed by atoms with Crippen LogP contribution in [0.15, 0.2) is 54.0 Å². The Morgan fingerprint density at radius 2 is 1.95 bits per heavy atom. The first-order valence-electron chi connectivity index (χ1n) is 12.8. The molecule has 1 aliphatic rings. The van der Waals surface area contributed by atoms with E-state index in [1.54, 1.807) is 22.9 Å². The zero-order chi connectivity index (χ0) is 27.0. The van der Waals surface area contributed by atoms with Crippen LogP contribution in [0.25, 0.3) is 16.9 Å². The molecule has 0 saturated carbocycles. The van der Waals surface area contributed by atoms with Gasteiger partial charge in [-0.2, -0.15) is 4.98 Å². The number of nitrogens with zero attached hydrogens (tertiary/aromatic N) is 8. The molecule has 0 atom stereocenters. The van der Waals surface area contributed by atoms with E-state index in [2.05, 4.69) is 63.9 Å². The molecule has 11 nitrogen and oxygen atoms in total. The van der Waals surface area contributed by atoms with Crippen LogP contribution in [0.2, 0.25) is 0 Å². The summed E-state index contributed by atoms with van der Waals surface area (Å²) in [6.07, 6.45) is 3.18. The quantitative estimate of drug-likeness (QED) is 0.285. The molecule has 11 heteroatoms. The van der Waals surface area contributed by atoms with Crippen LogP contribution in [0, 0.1) is 6.92 Å². The Labute approximate surface area is 221 Å². The first-order valence-corrected chi connectivity index (χ1v) is 12.8. The van der Waals surface area contributed by atoms with Gasteiger partial charge in [0, 0.05) is 62.7 Å². The third kappa shape index (κ3) is 4.84. The number of aromatic hydroxyl groups is 1. The van der Waals surface area contributed by atoms with Gasteiger partial charge in [0.05, 0.1) is 12.6 Å². The largest absolute Gasteiger partial charge is 0.458 e. The summed E-state index contributed by atoms with van der Waals surface area (Å²) < 4.78 is 4.66. The lowest BCUT2D eigenvalue weighted by Gasteiger charge is -2.34. The first kappa shape index (κ1) is 25.4. The van der Waals surface area contributed by atoms with E-state index in [0.717, 1.165) is 43.1 Å². The van der Waals surface area contributed by atoms with Gasteiger partial charge in [-0.15, -0.1) is 6.58 Å². The smallest absolute Gasteiger partial charge is 0.391 e. The van der Waals surface area contributed by atoms with Crippen LogP contribution in [0.1, 0.15) is 25.5 Å². The predicted molar refractivity (Wildman–Crippen MR) is 148 cm³/mol. The topological polar surface area (TPSA) is 108 Å². The lowest BCUT2D eigenvalue weighted by atomic mass is 10.1. The summed E-state index contributed by atoms with van der Waals surface area (Å²) in [5.74, 6) is 0.848. The number of aromatic nitrogens is 6. The number of anilines is 3. The summed E-state index contributed by atoms with van der Waals surface area (Å²) in [6.45, 7) is 14.0. The predicted octanol–water partition coefficient (Wildman–Crippen LogP) is 2.54. The van der Waals surface area contributed by atoms with Crippen molar-refractivity contribution in [3.8, 4) is 11.7 Å². The van der Waals surface area contributed by atoms with Crippen molar-refractivity contribution < 1.29 is 9.79 Å². The van der Waals surface area contributed by atoms with Crippen LogP contribution in [-0.2, 0) is 6.54 Å². The highest BCUT2D eigenvalue weighted by atomic mass is 16.3. The number of aryl methyl sites for hydroxylation is 1. The molecule has 3 aromatic heterocycles. The fourth-order valence-electron chi connectivity index (χ4n) is 4.73. The first-order chi connectivity index (χ1) is 18.2. The second kappa shape index (κ2) is 10.3. The van der Waals surface area contributed by atoms with Crippen molar-refractivity contribution in [3.05, 3.63) is 65.1 Å². The number of piperazine rings is 1. The van der Waals surface area contributed by atoms with Gasteiger partial charge in [0.2, 0.25) is 11.8 Å². The number of likely N-dealkylation sites (N-methyl/N-ethyl adjacent to an activating group) is 1. The Kier molecular flexibility index (Phi) is 6.85. The van der Waals surface area contributed by atoms with E-state index in [9.17, 15) is 9.90 Å². The maximum Gasteiger partial charge on any atom is 0.391 e. The molecule has 1 aromatic carbocycles. The molecule has 0 amide bonds. The summed E-state index contributed by atoms with van der Waals surface area (Å²) in [5, 5.41) is 18.6. The fourth-order valence-corrected chi connectivity index (χ4v) is 4.73. The van der Waals surface area contributed by atoms with Crippen LogP contribution < -0.4 is 20.5 Å². The van der Waals surface area contributed by atoms with Gasteiger partial charge < -0.3 is 20.2 Å². The maximum atomic E-state index is 13.3. The summed E-state index contributed by atoms with van der Waals surface area (Å²) >= 11 is 0. The molecular formula is C27H34N9O2+. The highest BCUT2D eigenvalue weighted by Crippen LogP contribution is 2.26. The van der Waals surface area contributed by atoms with Crippen LogP contribution in [-0.4, -0.2) is 67.7 Å². The molecule has 0 bridgehead atoms. The normalized spacial score (nSPS) is 14.4. The van der Waals surface area contributed by atoms with Gasteiger partial charge in [0.1, 0.15) is 5.39 Å². The van der Waals surface area contributed by atoms with Gasteiger partial charge in [-0.25, -0.2) is 14.3 Å². The molecule has 0 radical (unpaired) electrons. The van der Waals surface area contributed by atoms with Gasteiger partial charge in [0.25, 0.3) is 5.56 Å². The van der Waals surface area contributed by atoms with Crippen molar-refractivity contribution in [1.82, 2.24) is 29.3 Å². The zero-order valence-electron chi connectivity index (χ0n) is 22.3. The number of benzene rings is 1. The average Bonchev–Trinajstić information content (AvgIpc) is 3.15. The van der Waals surface area contributed by atoms with Crippen LogP contribution in [0.4, 0.5) is 17.3 Å². The van der Waals surface area contributed by atoms with Gasteiger partial charge >= 0.3 is 5.88 Å². The molecule has 2 N–H and O–H groups in total. The van der Waals surface area contributed by atoms with Crippen molar-refractivity contribution in [2.45, 2.75) is 33.4 Å². The zero-order valence-corrected chi connectivity index (χ0v) is 22.3. The second-order valence-corrected chi connectivity index (χ2v) is 9.98. The molecule has 1 fully saturated rings. The van der Waals surface area contributed by atoms with Gasteiger partial charge in [0.15, 0.2) is 11.7 Å². The Morgan fingerprint density at radius 1 is 1.18 bits per heavy atom. The number of allylic oxidation sites excluding steroid dienone is 1. The summed E-state index contributed by atoms with van der Waals surface area (Å²) in [4.78, 5) is 27.2. The number of nitrogens with one attached hydrogen (secondary N) is 1. The molecule has 5 rings (SSSR count). The fraction of sp³-hybridized carbons (Fsp3) is 0.370. The van der Waals surface area contributed by atoms with E-state index in [-0.39, 0.29) is 24.0 Å². The van der Waals surface area contributed by atoms with Crippen molar-refractivity contribution >= 4 is 28.4 Å². The minimum absolute atomic E-state index is 0.0328.